The molecule has 14 heavy (non-hydrogen) atoms. The molecule has 0 heterocycles. The maximum Gasteiger partial charge on any atom is 0.138 e. The molecule has 0 aliphatic heterocycles. The van der Waals surface area contributed by atoms with Crippen LogP contribution in [0.5, 0.6) is 0 Å². The number of benzene rings is 1. The van der Waals surface area contributed by atoms with Crippen LogP contribution < -0.4 is 0 Å². The first-order chi connectivity index (χ1) is 6.69. The van der Waals surface area contributed by atoms with E-state index in [1.165, 1.54) is 0 Å². The van der Waals surface area contributed by atoms with Crippen LogP contribution in [0.15, 0.2) is 22.0 Å². The third-order valence-corrected chi connectivity index (χ3v) is 2.63. The van der Waals surface area contributed by atoms with E-state index in [-0.39, 0.29) is 0 Å². The summed E-state index contributed by atoms with van der Waals surface area (Å²) in [6.45, 7) is 3.88. The van der Waals surface area contributed by atoms with Gasteiger partial charge < -0.3 is 0 Å². The predicted molar refractivity (Wildman–Crippen MR) is 62.1 cm³/mol. The standard InChI is InChI=1S/C10H8N2S2/c1-7-3-9(12-6-13)8(2)10(4-7)14-5-11/h3-4H,1-2H3. The number of aryl methyl sites for hydroxylation is 1. The highest BCUT2D eigenvalue weighted by molar-refractivity contribution is 8.03. The van der Waals surface area contributed by atoms with E-state index in [1.807, 2.05) is 31.4 Å². The van der Waals surface area contributed by atoms with Gasteiger partial charge in [-0.15, -0.1) is 0 Å². The zero-order valence-corrected chi connectivity index (χ0v) is 9.50. The maximum atomic E-state index is 8.60. The second kappa shape index (κ2) is 4.92. The van der Waals surface area contributed by atoms with Gasteiger partial charge in [-0.25, -0.2) is 0 Å². The second-order valence-corrected chi connectivity index (χ2v) is 3.81. The molecule has 4 heteroatoms. The van der Waals surface area contributed by atoms with Crippen molar-refractivity contribution in [3.05, 3.63) is 23.3 Å². The van der Waals surface area contributed by atoms with Crippen molar-refractivity contribution in [3.63, 3.8) is 0 Å². The van der Waals surface area contributed by atoms with E-state index in [4.69, 9.17) is 5.26 Å². The molecule has 1 rings (SSSR count). The molecule has 0 spiro atoms. The lowest BCUT2D eigenvalue weighted by molar-refractivity contribution is 1.25. The fourth-order valence-corrected chi connectivity index (χ4v) is 1.83. The fraction of sp³-hybridized carbons (Fsp3) is 0.200. The number of hydrogen-bond acceptors (Lipinski definition) is 4. The Morgan fingerprint density at radius 2 is 2.14 bits per heavy atom. The molecule has 0 aromatic heterocycles. The zero-order chi connectivity index (χ0) is 10.6. The fourth-order valence-electron chi connectivity index (χ4n) is 1.13. The molecule has 0 aliphatic carbocycles. The van der Waals surface area contributed by atoms with Gasteiger partial charge in [0.05, 0.1) is 10.8 Å². The van der Waals surface area contributed by atoms with Crippen LogP contribution in [-0.4, -0.2) is 5.16 Å². The number of aliphatic imine (C=N–C) groups is 1. The molecule has 0 atom stereocenters. The maximum absolute atomic E-state index is 8.60. The molecule has 0 amide bonds. The minimum Gasteiger partial charge on any atom is -0.194 e. The van der Waals surface area contributed by atoms with Crippen molar-refractivity contribution in [2.24, 2.45) is 4.99 Å². The number of thiocarbonyl (C=S) groups is 1. The van der Waals surface area contributed by atoms with E-state index in [2.05, 4.69) is 22.4 Å². The third kappa shape index (κ3) is 2.43. The SMILES string of the molecule is Cc1cc(N=C=S)c(C)c(SC#N)c1. The smallest absolute Gasteiger partial charge is 0.138 e. The summed E-state index contributed by atoms with van der Waals surface area (Å²) in [5, 5.41) is 13.0. The van der Waals surface area contributed by atoms with Crippen molar-refractivity contribution in [3.8, 4) is 5.40 Å². The Labute approximate surface area is 92.7 Å². The van der Waals surface area contributed by atoms with Crippen molar-refractivity contribution in [1.82, 2.24) is 0 Å². The van der Waals surface area contributed by atoms with Gasteiger partial charge in [0, 0.05) is 4.90 Å². The molecule has 70 valence electrons. The van der Waals surface area contributed by atoms with Crippen LogP contribution in [0.25, 0.3) is 0 Å². The van der Waals surface area contributed by atoms with Crippen LogP contribution in [0.2, 0.25) is 0 Å². The van der Waals surface area contributed by atoms with Crippen LogP contribution >= 0.6 is 24.0 Å². The molecule has 0 N–H and O–H groups in total. The van der Waals surface area contributed by atoms with Gasteiger partial charge in [-0.1, -0.05) is 0 Å². The van der Waals surface area contributed by atoms with Crippen LogP contribution in [0.1, 0.15) is 11.1 Å². The molecular formula is C10H8N2S2. The Morgan fingerprint density at radius 1 is 1.43 bits per heavy atom. The summed E-state index contributed by atoms with van der Waals surface area (Å²) in [6.07, 6.45) is 0. The molecule has 0 radical (unpaired) electrons. The Morgan fingerprint density at radius 3 is 2.71 bits per heavy atom. The topological polar surface area (TPSA) is 36.1 Å². The summed E-state index contributed by atoms with van der Waals surface area (Å²) in [4.78, 5) is 4.88. The Balaban J connectivity index is 3.32. The number of isothiocyanates is 1. The first-order valence-electron chi connectivity index (χ1n) is 3.94. The largest absolute Gasteiger partial charge is 0.194 e. The summed E-state index contributed by atoms with van der Waals surface area (Å²) in [5.74, 6) is 0. The monoisotopic (exact) mass is 220 g/mol. The van der Waals surface area contributed by atoms with Crippen molar-refractivity contribution < 1.29 is 0 Å². The van der Waals surface area contributed by atoms with Gasteiger partial charge in [-0.2, -0.15) is 10.3 Å². The first kappa shape index (κ1) is 10.9. The number of thioether (sulfide) groups is 1. The van der Waals surface area contributed by atoms with Crippen LogP contribution in [-0.2, 0) is 0 Å². The average Bonchev–Trinajstić information content (AvgIpc) is 2.14. The Bertz CT molecular complexity index is 440. The highest BCUT2D eigenvalue weighted by Gasteiger charge is 2.05. The number of nitriles is 1. The summed E-state index contributed by atoms with van der Waals surface area (Å²) < 4.78 is 0. The lowest BCUT2D eigenvalue weighted by Gasteiger charge is -2.05. The molecule has 0 saturated carbocycles. The normalized spacial score (nSPS) is 8.93. The molecule has 0 bridgehead atoms. The highest BCUT2D eigenvalue weighted by atomic mass is 32.2. The lowest BCUT2D eigenvalue weighted by atomic mass is 10.1. The number of nitrogens with zero attached hydrogens (tertiary/aromatic N) is 2. The number of hydrogen-bond donors (Lipinski definition) is 0. The Hall–Kier alpha value is -1.14. The number of thiocyanates is 1. The van der Waals surface area contributed by atoms with Crippen molar-refractivity contribution >= 4 is 34.8 Å². The van der Waals surface area contributed by atoms with Crippen LogP contribution in [0.3, 0.4) is 0 Å². The van der Waals surface area contributed by atoms with Gasteiger partial charge in [-0.3, -0.25) is 0 Å². The summed E-state index contributed by atoms with van der Waals surface area (Å²) in [5.41, 5.74) is 2.83. The van der Waals surface area contributed by atoms with Gasteiger partial charge >= 0.3 is 0 Å². The molecule has 1 aromatic carbocycles. The summed E-state index contributed by atoms with van der Waals surface area (Å²) in [6, 6.07) is 3.89. The lowest BCUT2D eigenvalue weighted by Crippen LogP contribution is -1.82. The molecule has 0 aliphatic rings. The third-order valence-electron chi connectivity index (χ3n) is 1.80. The predicted octanol–water partition coefficient (Wildman–Crippen LogP) is 3.61. The van der Waals surface area contributed by atoms with Crippen molar-refractivity contribution in [1.29, 1.82) is 5.26 Å². The van der Waals surface area contributed by atoms with E-state index in [0.29, 0.717) is 0 Å². The first-order valence-corrected chi connectivity index (χ1v) is 5.16. The summed E-state index contributed by atoms with van der Waals surface area (Å²) in [7, 11) is 0. The molecule has 0 unspecified atom stereocenters. The molecular weight excluding hydrogens is 212 g/mol. The van der Waals surface area contributed by atoms with E-state index < -0.39 is 0 Å². The van der Waals surface area contributed by atoms with Gasteiger partial charge in [0.2, 0.25) is 0 Å². The highest BCUT2D eigenvalue weighted by Crippen LogP contribution is 2.30. The average molecular weight is 220 g/mol. The summed E-state index contributed by atoms with van der Waals surface area (Å²) >= 11 is 5.70. The van der Waals surface area contributed by atoms with Gasteiger partial charge in [0.25, 0.3) is 0 Å². The minimum absolute atomic E-state index is 0.790. The molecule has 0 fully saturated rings. The molecule has 0 saturated heterocycles. The Kier molecular flexibility index (Phi) is 3.84. The van der Waals surface area contributed by atoms with Crippen LogP contribution in [0.4, 0.5) is 5.69 Å². The number of rotatable bonds is 2. The van der Waals surface area contributed by atoms with Crippen molar-refractivity contribution in [2.45, 2.75) is 18.7 Å². The van der Waals surface area contributed by atoms with Crippen LogP contribution in [0, 0.1) is 24.5 Å². The quantitative estimate of drug-likeness (QED) is 0.330. The van der Waals surface area contributed by atoms with Crippen molar-refractivity contribution in [2.75, 3.05) is 0 Å². The molecule has 1 aromatic rings. The van der Waals surface area contributed by atoms with Gasteiger partial charge in [0.15, 0.2) is 0 Å². The van der Waals surface area contributed by atoms with E-state index in [9.17, 15) is 0 Å². The van der Waals surface area contributed by atoms with E-state index in [1.54, 1.807) is 0 Å². The van der Waals surface area contributed by atoms with E-state index in [0.717, 1.165) is 33.5 Å². The molecule has 2 nitrogen and oxygen atoms in total. The van der Waals surface area contributed by atoms with Gasteiger partial charge in [-0.05, 0) is 61.1 Å². The van der Waals surface area contributed by atoms with Gasteiger partial charge in [0.1, 0.15) is 5.40 Å². The zero-order valence-electron chi connectivity index (χ0n) is 7.87. The van der Waals surface area contributed by atoms with E-state index >= 15 is 0 Å². The minimum atomic E-state index is 0.790. The second-order valence-electron chi connectivity index (χ2n) is 2.80.